The quantitative estimate of drug-likeness (QED) is 0.148. The van der Waals surface area contributed by atoms with Crippen molar-refractivity contribution in [3.05, 3.63) is 73.0 Å². The minimum atomic E-state index is -0.544. The fourth-order valence-corrected chi connectivity index (χ4v) is 2.92. The zero-order valence-electron chi connectivity index (χ0n) is 20.3. The molecule has 3 heterocycles. The number of aldehydes is 1. The molecule has 0 aliphatic heterocycles. The predicted molar refractivity (Wildman–Crippen MR) is 134 cm³/mol. The van der Waals surface area contributed by atoms with E-state index in [9.17, 15) is 9.59 Å². The molecule has 3 rings (SSSR count). The predicted octanol–water partition coefficient (Wildman–Crippen LogP) is 2.74. The second kappa shape index (κ2) is 12.2. The summed E-state index contributed by atoms with van der Waals surface area (Å²) in [6.45, 7) is 1.71. The number of pyridine rings is 2. The SMILES string of the molecule is CN(C)CCN(C)/C=C\C=C(/C=O)C(=O)Nc1ccc(Oc2ccnc(-c3cnn(C)c3)c2)cn1. The third kappa shape index (κ3) is 7.90. The number of hydrogen-bond donors (Lipinski definition) is 1. The minimum Gasteiger partial charge on any atom is -0.456 e. The summed E-state index contributed by atoms with van der Waals surface area (Å²) in [5.41, 5.74) is 1.60. The largest absolute Gasteiger partial charge is 0.456 e. The molecule has 0 saturated heterocycles. The number of carbonyl (C=O) groups excluding carboxylic acids is 2. The van der Waals surface area contributed by atoms with Gasteiger partial charge in [0.15, 0.2) is 6.29 Å². The van der Waals surface area contributed by atoms with Crippen LogP contribution in [0.5, 0.6) is 11.5 Å². The number of aromatic nitrogens is 4. The topological polar surface area (TPSA) is 105 Å². The molecule has 3 aromatic heterocycles. The molecule has 0 bridgehead atoms. The fraction of sp³-hybridized carbons (Fsp3) is 0.240. The molecule has 0 saturated carbocycles. The monoisotopic (exact) mass is 475 g/mol. The molecule has 10 heteroatoms. The van der Waals surface area contributed by atoms with Crippen molar-refractivity contribution in [2.24, 2.45) is 7.05 Å². The van der Waals surface area contributed by atoms with Crippen molar-refractivity contribution in [2.45, 2.75) is 0 Å². The zero-order valence-corrected chi connectivity index (χ0v) is 20.3. The molecule has 1 N–H and O–H groups in total. The lowest BCUT2D eigenvalue weighted by Gasteiger charge is -2.16. The second-order valence-electron chi connectivity index (χ2n) is 8.08. The van der Waals surface area contributed by atoms with Crippen molar-refractivity contribution in [3.63, 3.8) is 0 Å². The first-order valence-corrected chi connectivity index (χ1v) is 10.9. The summed E-state index contributed by atoms with van der Waals surface area (Å²) in [7, 11) is 7.76. The Balaban J connectivity index is 1.58. The number of aryl methyl sites for hydroxylation is 1. The molecule has 182 valence electrons. The molecule has 0 aromatic carbocycles. The molecule has 0 unspecified atom stereocenters. The average Bonchev–Trinajstić information content (AvgIpc) is 3.28. The summed E-state index contributed by atoms with van der Waals surface area (Å²) in [6.07, 6.45) is 12.2. The maximum Gasteiger partial charge on any atom is 0.260 e. The Hall–Kier alpha value is -4.31. The summed E-state index contributed by atoms with van der Waals surface area (Å²) < 4.78 is 7.56. The number of nitrogens with zero attached hydrogens (tertiary/aromatic N) is 6. The maximum atomic E-state index is 12.4. The lowest BCUT2D eigenvalue weighted by atomic mass is 10.2. The standard InChI is InChI=1S/C25H29N7O3/c1-30(2)12-13-31(3)11-5-6-19(18-33)25(34)29-24-8-7-22(16-27-24)35-21-9-10-26-23(14-21)20-15-28-32(4)17-20/h5-11,14-18H,12-13H2,1-4H3,(H,27,29,34)/b11-5-,19-6+. The van der Waals surface area contributed by atoms with Gasteiger partial charge in [-0.3, -0.25) is 19.3 Å². The molecule has 0 atom stereocenters. The van der Waals surface area contributed by atoms with Gasteiger partial charge in [-0.1, -0.05) is 0 Å². The van der Waals surface area contributed by atoms with Gasteiger partial charge in [0.25, 0.3) is 5.91 Å². The summed E-state index contributed by atoms with van der Waals surface area (Å²) in [5, 5.41) is 6.77. The van der Waals surface area contributed by atoms with E-state index in [4.69, 9.17) is 4.74 Å². The number of allylic oxidation sites excluding steroid dienone is 2. The molecular weight excluding hydrogens is 446 g/mol. The molecule has 0 spiro atoms. The lowest BCUT2D eigenvalue weighted by molar-refractivity contribution is -0.115. The third-order valence-electron chi connectivity index (χ3n) is 4.85. The Labute approximate surface area is 204 Å². The van der Waals surface area contributed by atoms with Crippen LogP contribution >= 0.6 is 0 Å². The van der Waals surface area contributed by atoms with E-state index in [1.807, 2.05) is 45.5 Å². The highest BCUT2D eigenvalue weighted by Crippen LogP contribution is 2.25. The van der Waals surface area contributed by atoms with Gasteiger partial charge in [-0.05, 0) is 50.6 Å². The van der Waals surface area contributed by atoms with Crippen LogP contribution in [0.3, 0.4) is 0 Å². The van der Waals surface area contributed by atoms with Gasteiger partial charge in [0.05, 0.1) is 23.7 Å². The van der Waals surface area contributed by atoms with Gasteiger partial charge in [-0.15, -0.1) is 0 Å². The third-order valence-corrected chi connectivity index (χ3v) is 4.85. The van der Waals surface area contributed by atoms with Gasteiger partial charge in [-0.2, -0.15) is 5.10 Å². The van der Waals surface area contributed by atoms with Gasteiger partial charge < -0.3 is 19.9 Å². The van der Waals surface area contributed by atoms with Gasteiger partial charge in [0, 0.05) is 51.2 Å². The number of rotatable bonds is 11. The van der Waals surface area contributed by atoms with Crippen LogP contribution in [-0.4, -0.2) is 76.0 Å². The van der Waals surface area contributed by atoms with Crippen LogP contribution in [-0.2, 0) is 16.6 Å². The highest BCUT2D eigenvalue weighted by atomic mass is 16.5. The van der Waals surface area contributed by atoms with E-state index in [1.54, 1.807) is 47.4 Å². The second-order valence-corrected chi connectivity index (χ2v) is 8.08. The van der Waals surface area contributed by atoms with Crippen LogP contribution < -0.4 is 10.1 Å². The van der Waals surface area contributed by atoms with E-state index in [-0.39, 0.29) is 5.57 Å². The summed E-state index contributed by atoms with van der Waals surface area (Å²) >= 11 is 0. The van der Waals surface area contributed by atoms with Crippen LogP contribution in [0.15, 0.2) is 73.0 Å². The van der Waals surface area contributed by atoms with Crippen molar-refractivity contribution in [1.29, 1.82) is 0 Å². The highest BCUT2D eigenvalue weighted by molar-refractivity contribution is 6.16. The molecule has 3 aromatic rings. The van der Waals surface area contributed by atoms with Crippen molar-refractivity contribution in [2.75, 3.05) is 39.5 Å². The lowest BCUT2D eigenvalue weighted by Crippen LogP contribution is -2.25. The molecule has 0 aliphatic rings. The van der Waals surface area contributed by atoms with E-state index >= 15 is 0 Å². The normalized spacial score (nSPS) is 11.6. The Kier molecular flexibility index (Phi) is 8.85. The van der Waals surface area contributed by atoms with Gasteiger partial charge in [0.2, 0.25) is 0 Å². The van der Waals surface area contributed by atoms with Crippen LogP contribution in [0.4, 0.5) is 5.82 Å². The average molecular weight is 476 g/mol. The van der Waals surface area contributed by atoms with Gasteiger partial charge in [0.1, 0.15) is 17.3 Å². The first-order valence-electron chi connectivity index (χ1n) is 10.9. The number of amides is 1. The van der Waals surface area contributed by atoms with Gasteiger partial charge in [-0.25, -0.2) is 4.98 Å². The zero-order chi connectivity index (χ0) is 25.2. The van der Waals surface area contributed by atoms with E-state index in [2.05, 4.69) is 25.3 Å². The fourth-order valence-electron chi connectivity index (χ4n) is 2.92. The van der Waals surface area contributed by atoms with Crippen LogP contribution in [0, 0.1) is 0 Å². The summed E-state index contributed by atoms with van der Waals surface area (Å²) in [5.74, 6) is 0.831. The van der Waals surface area contributed by atoms with Crippen molar-refractivity contribution >= 4 is 18.0 Å². The van der Waals surface area contributed by atoms with E-state index in [0.717, 1.165) is 24.3 Å². The molecule has 0 fully saturated rings. The Bertz CT molecular complexity index is 1200. The van der Waals surface area contributed by atoms with Gasteiger partial charge >= 0.3 is 0 Å². The van der Waals surface area contributed by atoms with Crippen molar-refractivity contribution < 1.29 is 14.3 Å². The summed E-state index contributed by atoms with van der Waals surface area (Å²) in [4.78, 5) is 36.4. The van der Waals surface area contributed by atoms with E-state index < -0.39 is 5.91 Å². The number of anilines is 1. The Morgan fingerprint density at radius 2 is 1.94 bits per heavy atom. The van der Waals surface area contributed by atoms with Crippen LogP contribution in [0.25, 0.3) is 11.3 Å². The number of hydrogen-bond acceptors (Lipinski definition) is 8. The summed E-state index contributed by atoms with van der Waals surface area (Å²) in [6, 6.07) is 6.82. The molecule has 0 aliphatic carbocycles. The van der Waals surface area contributed by atoms with E-state index in [1.165, 1.54) is 12.3 Å². The number of ether oxygens (including phenoxy) is 1. The van der Waals surface area contributed by atoms with Crippen molar-refractivity contribution in [1.82, 2.24) is 29.5 Å². The number of nitrogens with one attached hydrogen (secondary N) is 1. The molecular formula is C25H29N7O3. The Morgan fingerprint density at radius 3 is 2.60 bits per heavy atom. The molecule has 1 amide bonds. The highest BCUT2D eigenvalue weighted by Gasteiger charge is 2.10. The number of likely N-dealkylation sites (N-methyl/N-ethyl adjacent to an activating group) is 2. The Morgan fingerprint density at radius 1 is 1.11 bits per heavy atom. The van der Waals surface area contributed by atoms with Crippen molar-refractivity contribution in [3.8, 4) is 22.8 Å². The van der Waals surface area contributed by atoms with E-state index in [0.29, 0.717) is 23.6 Å². The number of carbonyl (C=O) groups is 2. The molecule has 10 nitrogen and oxygen atoms in total. The van der Waals surface area contributed by atoms with Crippen LogP contribution in [0.1, 0.15) is 0 Å². The molecule has 35 heavy (non-hydrogen) atoms. The molecule has 0 radical (unpaired) electrons. The van der Waals surface area contributed by atoms with Crippen LogP contribution in [0.2, 0.25) is 0 Å². The smallest absolute Gasteiger partial charge is 0.260 e. The first kappa shape index (κ1) is 25.3. The maximum absolute atomic E-state index is 12.4. The first-order chi connectivity index (χ1) is 16.8. The minimum absolute atomic E-state index is 0.0101.